The molecule has 1 atom stereocenters. The first-order valence-corrected chi connectivity index (χ1v) is 4.30. The molecule has 0 fully saturated rings. The van der Waals surface area contributed by atoms with Gasteiger partial charge in [-0.15, -0.1) is 12.4 Å². The molecule has 0 aliphatic carbocycles. The molecule has 0 bridgehead atoms. The van der Waals surface area contributed by atoms with Crippen molar-refractivity contribution < 1.29 is 4.52 Å². The quantitative estimate of drug-likeness (QED) is 0.809. The largest absolute Gasteiger partial charge is 0.339 e. The molecule has 0 saturated heterocycles. The second-order valence-corrected chi connectivity index (χ2v) is 2.90. The molecule has 1 rings (SSSR count). The summed E-state index contributed by atoms with van der Waals surface area (Å²) in [5, 5.41) is 3.81. The van der Waals surface area contributed by atoms with Gasteiger partial charge in [-0.25, -0.2) is 0 Å². The fourth-order valence-corrected chi connectivity index (χ4v) is 0.873. The zero-order valence-electron chi connectivity index (χ0n) is 7.99. The topological polar surface area (TPSA) is 64.9 Å². The lowest BCUT2D eigenvalue weighted by Crippen LogP contribution is -2.04. The molecule has 0 amide bonds. The average Bonchev–Trinajstić information content (AvgIpc) is 2.52. The van der Waals surface area contributed by atoms with E-state index in [-0.39, 0.29) is 12.4 Å². The summed E-state index contributed by atoms with van der Waals surface area (Å²) in [7, 11) is 0. The van der Waals surface area contributed by atoms with Gasteiger partial charge < -0.3 is 10.3 Å². The number of nitrogens with two attached hydrogens (primary N) is 1. The first-order chi connectivity index (χ1) is 5.77. The predicted molar refractivity (Wildman–Crippen MR) is 53.0 cm³/mol. The Morgan fingerprint density at radius 2 is 2.23 bits per heavy atom. The van der Waals surface area contributed by atoms with Crippen molar-refractivity contribution in [1.82, 2.24) is 10.1 Å². The van der Waals surface area contributed by atoms with Gasteiger partial charge in [0.15, 0.2) is 5.82 Å². The summed E-state index contributed by atoms with van der Waals surface area (Å²) in [5.41, 5.74) is 5.36. The van der Waals surface area contributed by atoms with Crippen LogP contribution in [0.5, 0.6) is 0 Å². The Bertz CT molecular complexity index is 239. The maximum atomic E-state index is 5.36. The number of rotatable bonds is 4. The fourth-order valence-electron chi connectivity index (χ4n) is 0.873. The summed E-state index contributed by atoms with van der Waals surface area (Å²) in [6, 6.07) is 0. The van der Waals surface area contributed by atoms with Crippen molar-refractivity contribution in [2.45, 2.75) is 32.6 Å². The standard InChI is InChI=1S/C8H15N3O.ClH/c1-3-6(2)8-10-7(4-5-9)11-12-8;/h6H,3-5,9H2,1-2H3;1H. The molecule has 0 radical (unpaired) electrons. The number of hydrogen-bond donors (Lipinski definition) is 1. The van der Waals surface area contributed by atoms with Crippen LogP contribution in [0.3, 0.4) is 0 Å². The van der Waals surface area contributed by atoms with Gasteiger partial charge in [-0.05, 0) is 13.0 Å². The molecule has 1 aromatic rings. The second-order valence-electron chi connectivity index (χ2n) is 2.90. The monoisotopic (exact) mass is 205 g/mol. The lowest BCUT2D eigenvalue weighted by Gasteiger charge is -1.98. The van der Waals surface area contributed by atoms with E-state index in [0.29, 0.717) is 24.7 Å². The van der Waals surface area contributed by atoms with Crippen molar-refractivity contribution in [1.29, 1.82) is 0 Å². The van der Waals surface area contributed by atoms with E-state index in [1.54, 1.807) is 0 Å². The number of aromatic nitrogens is 2. The Morgan fingerprint density at radius 3 is 2.77 bits per heavy atom. The molecule has 76 valence electrons. The maximum Gasteiger partial charge on any atom is 0.229 e. The van der Waals surface area contributed by atoms with E-state index in [2.05, 4.69) is 24.0 Å². The highest BCUT2D eigenvalue weighted by molar-refractivity contribution is 5.85. The van der Waals surface area contributed by atoms with Gasteiger partial charge in [0.2, 0.25) is 5.89 Å². The highest BCUT2D eigenvalue weighted by atomic mass is 35.5. The number of halogens is 1. The molecule has 1 aromatic heterocycles. The van der Waals surface area contributed by atoms with Crippen LogP contribution < -0.4 is 5.73 Å². The molecule has 1 unspecified atom stereocenters. The Balaban J connectivity index is 0.00000144. The minimum atomic E-state index is 0. The first kappa shape index (κ1) is 12.4. The van der Waals surface area contributed by atoms with Crippen LogP contribution in [-0.2, 0) is 6.42 Å². The third kappa shape index (κ3) is 3.32. The molecule has 1 heterocycles. The lowest BCUT2D eigenvalue weighted by molar-refractivity contribution is 0.352. The van der Waals surface area contributed by atoms with Crippen molar-refractivity contribution in [3.63, 3.8) is 0 Å². The molecule has 0 aromatic carbocycles. The lowest BCUT2D eigenvalue weighted by atomic mass is 10.1. The molecule has 2 N–H and O–H groups in total. The Labute approximate surface area is 84.3 Å². The minimum Gasteiger partial charge on any atom is -0.339 e. The van der Waals surface area contributed by atoms with E-state index in [1.807, 2.05) is 0 Å². The van der Waals surface area contributed by atoms with Crippen molar-refractivity contribution in [2.75, 3.05) is 6.54 Å². The molecule has 5 heteroatoms. The van der Waals surface area contributed by atoms with E-state index in [1.165, 1.54) is 0 Å². The van der Waals surface area contributed by atoms with Gasteiger partial charge in [0.05, 0.1) is 0 Å². The van der Waals surface area contributed by atoms with Gasteiger partial charge in [0, 0.05) is 12.3 Å². The fraction of sp³-hybridized carbons (Fsp3) is 0.750. The Kier molecular flexibility index (Phi) is 5.66. The smallest absolute Gasteiger partial charge is 0.229 e. The van der Waals surface area contributed by atoms with Crippen LogP contribution in [-0.4, -0.2) is 16.7 Å². The van der Waals surface area contributed by atoms with Crippen LogP contribution in [0.15, 0.2) is 4.52 Å². The summed E-state index contributed by atoms with van der Waals surface area (Å²) in [6.45, 7) is 4.73. The molecule has 0 aliphatic heterocycles. The molecule has 0 saturated carbocycles. The third-order valence-electron chi connectivity index (χ3n) is 1.89. The van der Waals surface area contributed by atoms with E-state index in [0.717, 1.165) is 12.3 Å². The minimum absolute atomic E-state index is 0. The van der Waals surface area contributed by atoms with Gasteiger partial charge in [-0.3, -0.25) is 0 Å². The number of hydrogen-bond acceptors (Lipinski definition) is 4. The van der Waals surface area contributed by atoms with Crippen LogP contribution in [0.4, 0.5) is 0 Å². The third-order valence-corrected chi connectivity index (χ3v) is 1.89. The summed E-state index contributed by atoms with van der Waals surface area (Å²) in [6.07, 6.45) is 1.71. The molecule has 0 spiro atoms. The SMILES string of the molecule is CCC(C)c1nc(CCN)no1.Cl. The van der Waals surface area contributed by atoms with E-state index < -0.39 is 0 Å². The highest BCUT2D eigenvalue weighted by Crippen LogP contribution is 2.15. The molecular formula is C8H16ClN3O. The van der Waals surface area contributed by atoms with E-state index in [4.69, 9.17) is 10.3 Å². The Morgan fingerprint density at radius 1 is 1.54 bits per heavy atom. The predicted octanol–water partition coefficient (Wildman–Crippen LogP) is 1.51. The molecule has 0 aliphatic rings. The van der Waals surface area contributed by atoms with Crippen LogP contribution in [0.1, 0.15) is 37.9 Å². The van der Waals surface area contributed by atoms with E-state index in [9.17, 15) is 0 Å². The summed E-state index contributed by atoms with van der Waals surface area (Å²) >= 11 is 0. The summed E-state index contributed by atoms with van der Waals surface area (Å²) in [5.74, 6) is 1.79. The van der Waals surface area contributed by atoms with Crippen LogP contribution >= 0.6 is 12.4 Å². The zero-order chi connectivity index (χ0) is 8.97. The van der Waals surface area contributed by atoms with E-state index >= 15 is 0 Å². The van der Waals surface area contributed by atoms with Crippen molar-refractivity contribution in [3.8, 4) is 0 Å². The van der Waals surface area contributed by atoms with Crippen molar-refractivity contribution in [3.05, 3.63) is 11.7 Å². The summed E-state index contributed by atoms with van der Waals surface area (Å²) < 4.78 is 5.05. The molecule has 13 heavy (non-hydrogen) atoms. The first-order valence-electron chi connectivity index (χ1n) is 4.30. The zero-order valence-corrected chi connectivity index (χ0v) is 8.80. The van der Waals surface area contributed by atoms with Gasteiger partial charge in [0.1, 0.15) is 0 Å². The maximum absolute atomic E-state index is 5.36. The highest BCUT2D eigenvalue weighted by Gasteiger charge is 2.11. The Hall–Kier alpha value is -0.610. The van der Waals surface area contributed by atoms with Gasteiger partial charge in [-0.2, -0.15) is 4.98 Å². The van der Waals surface area contributed by atoms with Crippen LogP contribution in [0.2, 0.25) is 0 Å². The molecule has 4 nitrogen and oxygen atoms in total. The van der Waals surface area contributed by atoms with Gasteiger partial charge in [0.25, 0.3) is 0 Å². The number of nitrogens with zero attached hydrogens (tertiary/aromatic N) is 2. The van der Waals surface area contributed by atoms with Crippen LogP contribution in [0, 0.1) is 0 Å². The molecular weight excluding hydrogens is 190 g/mol. The van der Waals surface area contributed by atoms with Gasteiger partial charge in [-0.1, -0.05) is 19.0 Å². The normalized spacial score (nSPS) is 12.2. The van der Waals surface area contributed by atoms with Crippen molar-refractivity contribution in [2.24, 2.45) is 5.73 Å². The van der Waals surface area contributed by atoms with Crippen LogP contribution in [0.25, 0.3) is 0 Å². The van der Waals surface area contributed by atoms with Crippen molar-refractivity contribution >= 4 is 12.4 Å². The second kappa shape index (κ2) is 5.94. The average molecular weight is 206 g/mol. The van der Waals surface area contributed by atoms with Gasteiger partial charge >= 0.3 is 0 Å². The summed E-state index contributed by atoms with van der Waals surface area (Å²) in [4.78, 5) is 4.21.